The Morgan fingerprint density at radius 3 is 2.59 bits per heavy atom. The Labute approximate surface area is 206 Å². The molecule has 0 amide bonds. The van der Waals surface area contributed by atoms with E-state index in [1.54, 1.807) is 13.2 Å². The number of nitrogens with zero attached hydrogens (tertiary/aromatic N) is 3. The van der Waals surface area contributed by atoms with Gasteiger partial charge in [-0.2, -0.15) is 5.10 Å². The van der Waals surface area contributed by atoms with Gasteiger partial charge in [-0.05, 0) is 34.9 Å². The Morgan fingerprint density at radius 2 is 1.84 bits per heavy atom. The van der Waals surface area contributed by atoms with Crippen LogP contribution in [0.1, 0.15) is 30.5 Å². The maximum Gasteiger partial charge on any atom is 0.231 e. The van der Waals surface area contributed by atoms with E-state index >= 15 is 0 Å². The van der Waals surface area contributed by atoms with Gasteiger partial charge in [0.2, 0.25) is 6.79 Å². The van der Waals surface area contributed by atoms with Crippen LogP contribution in [0.15, 0.2) is 65.9 Å². The summed E-state index contributed by atoms with van der Waals surface area (Å²) >= 11 is 0. The number of hydrogen-bond acceptors (Lipinski definition) is 4. The van der Waals surface area contributed by atoms with Crippen molar-refractivity contribution in [3.8, 4) is 11.5 Å². The highest BCUT2D eigenvalue weighted by Crippen LogP contribution is 2.36. The van der Waals surface area contributed by atoms with Crippen LogP contribution >= 0.6 is 24.0 Å². The summed E-state index contributed by atoms with van der Waals surface area (Å²) in [6.45, 7) is 6.83. The maximum absolute atomic E-state index is 5.53. The van der Waals surface area contributed by atoms with Gasteiger partial charge in [0, 0.05) is 37.9 Å². The van der Waals surface area contributed by atoms with Gasteiger partial charge < -0.3 is 20.1 Å². The first-order valence-corrected chi connectivity index (χ1v) is 10.4. The molecule has 7 nitrogen and oxygen atoms in total. The molecule has 170 valence electrons. The fourth-order valence-corrected chi connectivity index (χ4v) is 3.58. The predicted octanol–water partition coefficient (Wildman–Crippen LogP) is 3.92. The van der Waals surface area contributed by atoms with Crippen molar-refractivity contribution in [3.63, 3.8) is 0 Å². The molecule has 0 spiro atoms. The fraction of sp³-hybridized carbons (Fsp3) is 0.333. The van der Waals surface area contributed by atoms with Crippen molar-refractivity contribution in [1.82, 2.24) is 20.4 Å². The lowest BCUT2D eigenvalue weighted by molar-refractivity contribution is 0.174. The molecule has 1 aliphatic rings. The average Bonchev–Trinajstić information content (AvgIpc) is 3.46. The number of benzene rings is 2. The van der Waals surface area contributed by atoms with Gasteiger partial charge in [-0.25, -0.2) is 0 Å². The summed E-state index contributed by atoms with van der Waals surface area (Å²) in [7, 11) is 1.79. The molecule has 0 unspecified atom stereocenters. The van der Waals surface area contributed by atoms with Crippen LogP contribution in [0.2, 0.25) is 0 Å². The van der Waals surface area contributed by atoms with Crippen LogP contribution in [0.3, 0.4) is 0 Å². The third-order valence-electron chi connectivity index (χ3n) is 5.53. The molecule has 0 bridgehead atoms. The third-order valence-corrected chi connectivity index (χ3v) is 5.53. The molecule has 32 heavy (non-hydrogen) atoms. The predicted molar refractivity (Wildman–Crippen MR) is 137 cm³/mol. The van der Waals surface area contributed by atoms with Gasteiger partial charge >= 0.3 is 0 Å². The van der Waals surface area contributed by atoms with Crippen molar-refractivity contribution in [1.29, 1.82) is 0 Å². The van der Waals surface area contributed by atoms with E-state index in [1.807, 2.05) is 23.0 Å². The highest BCUT2D eigenvalue weighted by molar-refractivity contribution is 14.0. The smallest absolute Gasteiger partial charge is 0.231 e. The van der Waals surface area contributed by atoms with Crippen molar-refractivity contribution in [2.75, 3.05) is 20.4 Å². The van der Waals surface area contributed by atoms with Crippen molar-refractivity contribution < 1.29 is 9.47 Å². The second kappa shape index (κ2) is 10.7. The van der Waals surface area contributed by atoms with Crippen LogP contribution in [-0.2, 0) is 18.5 Å². The van der Waals surface area contributed by atoms with E-state index in [2.05, 4.69) is 71.0 Å². The lowest BCUT2D eigenvalue weighted by atomic mass is 9.84. The Morgan fingerprint density at radius 1 is 1.06 bits per heavy atom. The van der Waals surface area contributed by atoms with Gasteiger partial charge in [-0.1, -0.05) is 44.2 Å². The molecule has 8 heteroatoms. The molecule has 4 rings (SSSR count). The van der Waals surface area contributed by atoms with Gasteiger partial charge in [0.15, 0.2) is 17.5 Å². The SMILES string of the molecule is CN=C(NCc1ccccc1Cn1cccn1)NCC(C)(C)c1ccc2c(c1)OCO2.I. The molecule has 0 radical (unpaired) electrons. The first kappa shape index (κ1) is 23.9. The number of guanidine groups is 1. The Kier molecular flexibility index (Phi) is 8.00. The molecule has 1 aliphatic heterocycles. The number of aromatic nitrogens is 2. The summed E-state index contributed by atoms with van der Waals surface area (Å²) in [6, 6.07) is 16.5. The third kappa shape index (κ3) is 5.73. The molecule has 3 aromatic rings. The van der Waals surface area contributed by atoms with Crippen LogP contribution in [0.25, 0.3) is 0 Å². The second-order valence-electron chi connectivity index (χ2n) is 8.20. The van der Waals surface area contributed by atoms with E-state index in [0.29, 0.717) is 6.54 Å². The normalized spacial score (nSPS) is 12.9. The van der Waals surface area contributed by atoms with Crippen molar-refractivity contribution in [2.24, 2.45) is 4.99 Å². The first-order valence-electron chi connectivity index (χ1n) is 10.4. The van der Waals surface area contributed by atoms with Gasteiger partial charge in [0.25, 0.3) is 0 Å². The standard InChI is InChI=1S/C24H29N5O2.HI/c1-24(2,20-9-10-21-22(13-20)31-17-30-21)16-27-23(25-3)26-14-18-7-4-5-8-19(18)15-29-12-6-11-28-29;/h4-13H,14-17H2,1-3H3,(H2,25,26,27);1H. The number of hydrogen-bond donors (Lipinski definition) is 2. The van der Waals surface area contributed by atoms with Gasteiger partial charge in [-0.3, -0.25) is 9.67 Å². The lowest BCUT2D eigenvalue weighted by Crippen LogP contribution is -2.43. The number of aliphatic imine (C=N–C) groups is 1. The zero-order valence-electron chi connectivity index (χ0n) is 18.7. The molecule has 0 saturated carbocycles. The van der Waals surface area contributed by atoms with Gasteiger partial charge in [0.1, 0.15) is 0 Å². The number of nitrogens with one attached hydrogen (secondary N) is 2. The summed E-state index contributed by atoms with van der Waals surface area (Å²) in [6.07, 6.45) is 3.78. The Balaban J connectivity index is 0.00000289. The molecular weight excluding hydrogens is 517 g/mol. The zero-order chi connectivity index (χ0) is 21.7. The molecule has 2 aromatic carbocycles. The molecule has 1 aromatic heterocycles. The molecular formula is C24H30IN5O2. The maximum atomic E-state index is 5.53. The van der Waals surface area contributed by atoms with E-state index < -0.39 is 0 Å². The van der Waals surface area contributed by atoms with Crippen molar-refractivity contribution in [2.45, 2.75) is 32.4 Å². The van der Waals surface area contributed by atoms with Gasteiger partial charge in [-0.15, -0.1) is 24.0 Å². The largest absolute Gasteiger partial charge is 0.454 e. The van der Waals surface area contributed by atoms with E-state index in [1.165, 1.54) is 16.7 Å². The monoisotopic (exact) mass is 547 g/mol. The zero-order valence-corrected chi connectivity index (χ0v) is 21.0. The summed E-state index contributed by atoms with van der Waals surface area (Å²) in [5.74, 6) is 2.38. The molecule has 0 atom stereocenters. The quantitative estimate of drug-likeness (QED) is 0.267. The minimum absolute atomic E-state index is 0. The molecule has 2 N–H and O–H groups in total. The number of ether oxygens (including phenoxy) is 2. The Bertz CT molecular complexity index is 1050. The van der Waals surface area contributed by atoms with E-state index in [0.717, 1.165) is 30.5 Å². The van der Waals surface area contributed by atoms with E-state index in [9.17, 15) is 0 Å². The summed E-state index contributed by atoms with van der Waals surface area (Å²) in [4.78, 5) is 4.40. The summed E-state index contributed by atoms with van der Waals surface area (Å²) < 4.78 is 12.9. The molecule has 2 heterocycles. The minimum Gasteiger partial charge on any atom is -0.454 e. The minimum atomic E-state index is -0.114. The Hall–Kier alpha value is -2.75. The van der Waals surface area contributed by atoms with Gasteiger partial charge in [0.05, 0.1) is 6.54 Å². The molecule has 0 fully saturated rings. The van der Waals surface area contributed by atoms with Crippen LogP contribution in [0, 0.1) is 0 Å². The average molecular weight is 547 g/mol. The summed E-state index contributed by atoms with van der Waals surface area (Å²) in [5, 5.41) is 11.2. The van der Waals surface area contributed by atoms with Crippen molar-refractivity contribution in [3.05, 3.63) is 77.6 Å². The first-order chi connectivity index (χ1) is 15.0. The molecule has 0 aliphatic carbocycles. The highest BCUT2D eigenvalue weighted by atomic mass is 127. The second-order valence-corrected chi connectivity index (χ2v) is 8.20. The number of fused-ring (bicyclic) bond motifs is 1. The van der Waals surface area contributed by atoms with E-state index in [4.69, 9.17) is 9.47 Å². The molecule has 0 saturated heterocycles. The topological polar surface area (TPSA) is 72.7 Å². The van der Waals surface area contributed by atoms with E-state index in [-0.39, 0.29) is 36.2 Å². The lowest BCUT2D eigenvalue weighted by Gasteiger charge is -2.27. The number of halogens is 1. The van der Waals surface area contributed by atoms with Crippen LogP contribution < -0.4 is 20.1 Å². The van der Waals surface area contributed by atoms with Crippen LogP contribution in [-0.4, -0.2) is 36.1 Å². The number of rotatable bonds is 7. The van der Waals surface area contributed by atoms with Crippen LogP contribution in [0.4, 0.5) is 0 Å². The fourth-order valence-electron chi connectivity index (χ4n) is 3.58. The summed E-state index contributed by atoms with van der Waals surface area (Å²) in [5.41, 5.74) is 3.52. The van der Waals surface area contributed by atoms with Crippen LogP contribution in [0.5, 0.6) is 11.5 Å². The van der Waals surface area contributed by atoms with Crippen molar-refractivity contribution >= 4 is 29.9 Å². The highest BCUT2D eigenvalue weighted by Gasteiger charge is 2.24.